The van der Waals surface area contributed by atoms with Crippen LogP contribution in [0.1, 0.15) is 45.5 Å². The van der Waals surface area contributed by atoms with Gasteiger partial charge in [-0.2, -0.15) is 0 Å². The summed E-state index contributed by atoms with van der Waals surface area (Å²) in [6.07, 6.45) is 5.33. The maximum atomic E-state index is 12.9. The fourth-order valence-electron chi connectivity index (χ4n) is 3.87. The minimum absolute atomic E-state index is 0.0231. The number of benzene rings is 2. The first-order chi connectivity index (χ1) is 11.9. The van der Waals surface area contributed by atoms with Crippen molar-refractivity contribution in [2.45, 2.75) is 43.4 Å². The van der Waals surface area contributed by atoms with Crippen LogP contribution in [0, 0.1) is 0 Å². The lowest BCUT2D eigenvalue weighted by molar-refractivity contribution is 0.0696. The van der Waals surface area contributed by atoms with Crippen LogP contribution in [0.3, 0.4) is 0 Å². The monoisotopic (exact) mass is 357 g/mol. The number of hydrogen-bond donors (Lipinski definition) is 2. The number of hydrogen-bond acceptors (Lipinski definition) is 3. The summed E-state index contributed by atoms with van der Waals surface area (Å²) in [6.45, 7) is 0. The minimum atomic E-state index is -3.83. The molecule has 0 spiro atoms. The van der Waals surface area contributed by atoms with Crippen LogP contribution in [0.5, 0.6) is 0 Å². The van der Waals surface area contributed by atoms with E-state index in [9.17, 15) is 18.3 Å². The van der Waals surface area contributed by atoms with Crippen molar-refractivity contribution in [3.05, 3.63) is 58.1 Å². The number of carbonyl (C=O) groups is 1. The molecule has 0 bridgehead atoms. The number of carboxylic acid groups (broad SMARTS) is 1. The van der Waals surface area contributed by atoms with Gasteiger partial charge in [0.1, 0.15) is 0 Å². The van der Waals surface area contributed by atoms with Gasteiger partial charge in [0.15, 0.2) is 0 Å². The molecule has 0 aromatic heterocycles. The summed E-state index contributed by atoms with van der Waals surface area (Å²) in [4.78, 5) is 11.4. The summed E-state index contributed by atoms with van der Waals surface area (Å²) in [7, 11) is -3.83. The summed E-state index contributed by atoms with van der Waals surface area (Å²) < 4.78 is 28.5. The number of nitrogens with one attached hydrogen (secondary N) is 1. The largest absolute Gasteiger partial charge is 0.478 e. The van der Waals surface area contributed by atoms with E-state index < -0.39 is 16.0 Å². The first-order valence-corrected chi connectivity index (χ1v) is 9.96. The van der Waals surface area contributed by atoms with E-state index in [1.807, 2.05) is 12.1 Å². The molecule has 25 heavy (non-hydrogen) atoms. The Balaban J connectivity index is 1.74. The number of carboxylic acids is 1. The predicted octanol–water partition coefficient (Wildman–Crippen LogP) is 3.16. The van der Waals surface area contributed by atoms with Crippen molar-refractivity contribution in [2.75, 3.05) is 4.72 Å². The average Bonchev–Trinajstić information content (AvgIpc) is 3.21. The quantitative estimate of drug-likeness (QED) is 0.880. The zero-order valence-electron chi connectivity index (χ0n) is 13.7. The van der Waals surface area contributed by atoms with E-state index in [0.29, 0.717) is 12.1 Å². The molecule has 2 aliphatic rings. The lowest BCUT2D eigenvalue weighted by atomic mass is 10.1. The summed E-state index contributed by atoms with van der Waals surface area (Å²) in [5, 5.41) is 9.29. The van der Waals surface area contributed by atoms with Crippen molar-refractivity contribution >= 4 is 21.7 Å². The van der Waals surface area contributed by atoms with Crippen LogP contribution in [-0.4, -0.2) is 19.5 Å². The number of anilines is 1. The van der Waals surface area contributed by atoms with E-state index >= 15 is 0 Å². The van der Waals surface area contributed by atoms with E-state index in [2.05, 4.69) is 4.72 Å². The Morgan fingerprint density at radius 1 is 0.920 bits per heavy atom. The molecule has 0 amide bonds. The molecule has 0 atom stereocenters. The Hall–Kier alpha value is -2.34. The normalized spacial score (nSPS) is 15.7. The van der Waals surface area contributed by atoms with Crippen molar-refractivity contribution < 1.29 is 18.3 Å². The van der Waals surface area contributed by atoms with Crippen molar-refractivity contribution in [1.82, 2.24) is 0 Å². The molecule has 2 N–H and O–H groups in total. The molecule has 2 aromatic rings. The molecule has 2 aliphatic carbocycles. The molecule has 4 rings (SSSR count). The first-order valence-electron chi connectivity index (χ1n) is 8.48. The SMILES string of the molecule is O=C(O)c1cc2c(c(S(=O)(=O)Nc3ccc4c(c3)CCC4)c1)CCC2. The molecular weight excluding hydrogens is 338 g/mol. The fourth-order valence-corrected chi connectivity index (χ4v) is 5.26. The Morgan fingerprint density at radius 3 is 2.44 bits per heavy atom. The third kappa shape index (κ3) is 2.91. The lowest BCUT2D eigenvalue weighted by Gasteiger charge is -2.14. The summed E-state index contributed by atoms with van der Waals surface area (Å²) in [5.41, 5.74) is 4.59. The van der Waals surface area contributed by atoms with Crippen LogP contribution < -0.4 is 4.72 Å². The zero-order valence-corrected chi connectivity index (χ0v) is 14.5. The zero-order chi connectivity index (χ0) is 17.6. The van der Waals surface area contributed by atoms with Crippen LogP contribution in [0.15, 0.2) is 35.2 Å². The van der Waals surface area contributed by atoms with Gasteiger partial charge in [-0.3, -0.25) is 4.72 Å². The topological polar surface area (TPSA) is 83.5 Å². The van der Waals surface area contributed by atoms with Gasteiger partial charge in [-0.15, -0.1) is 0 Å². The van der Waals surface area contributed by atoms with Gasteiger partial charge in [0, 0.05) is 5.69 Å². The van der Waals surface area contributed by atoms with Gasteiger partial charge in [0.25, 0.3) is 10.0 Å². The molecule has 0 unspecified atom stereocenters. The van der Waals surface area contributed by atoms with Gasteiger partial charge in [-0.1, -0.05) is 6.07 Å². The third-order valence-corrected chi connectivity index (χ3v) is 6.51. The Kier molecular flexibility index (Phi) is 3.80. The molecule has 2 aromatic carbocycles. The number of aromatic carboxylic acids is 1. The lowest BCUT2D eigenvalue weighted by Crippen LogP contribution is -2.16. The van der Waals surface area contributed by atoms with E-state index in [4.69, 9.17) is 0 Å². The van der Waals surface area contributed by atoms with Crippen molar-refractivity contribution in [1.29, 1.82) is 0 Å². The van der Waals surface area contributed by atoms with Crippen LogP contribution >= 0.6 is 0 Å². The predicted molar refractivity (Wildman–Crippen MR) is 94.7 cm³/mol. The highest BCUT2D eigenvalue weighted by molar-refractivity contribution is 7.92. The summed E-state index contributed by atoms with van der Waals surface area (Å²) in [6, 6.07) is 8.52. The molecule has 130 valence electrons. The maximum Gasteiger partial charge on any atom is 0.335 e. The molecular formula is C19H19NO4S. The molecule has 0 heterocycles. The molecule has 0 saturated carbocycles. The van der Waals surface area contributed by atoms with Crippen LogP contribution in [0.2, 0.25) is 0 Å². The Labute approximate surface area is 146 Å². The standard InChI is InChI=1S/C19H19NO4S/c21-19(22)15-9-14-5-2-6-17(14)18(11-15)25(23,24)20-16-8-7-12-3-1-4-13(12)10-16/h7-11,20H,1-6H2,(H,21,22). The van der Waals surface area contributed by atoms with E-state index in [1.54, 1.807) is 12.1 Å². The third-order valence-electron chi connectivity index (χ3n) is 5.06. The number of rotatable bonds is 4. The maximum absolute atomic E-state index is 12.9. The molecule has 0 radical (unpaired) electrons. The van der Waals surface area contributed by atoms with Crippen molar-refractivity contribution in [3.63, 3.8) is 0 Å². The second kappa shape index (κ2) is 5.88. The highest BCUT2D eigenvalue weighted by Crippen LogP contribution is 2.32. The fraction of sp³-hybridized carbons (Fsp3) is 0.316. The van der Waals surface area contributed by atoms with Crippen molar-refractivity contribution in [2.24, 2.45) is 0 Å². The smallest absolute Gasteiger partial charge is 0.335 e. The summed E-state index contributed by atoms with van der Waals surface area (Å²) in [5.74, 6) is -1.11. The second-order valence-electron chi connectivity index (χ2n) is 6.71. The molecule has 5 nitrogen and oxygen atoms in total. The molecule has 0 fully saturated rings. The van der Waals surface area contributed by atoms with Crippen molar-refractivity contribution in [3.8, 4) is 0 Å². The van der Waals surface area contributed by atoms with Gasteiger partial charge in [-0.05, 0) is 85.0 Å². The second-order valence-corrected chi connectivity index (χ2v) is 8.36. The van der Waals surface area contributed by atoms with Gasteiger partial charge >= 0.3 is 5.97 Å². The van der Waals surface area contributed by atoms with E-state index in [-0.39, 0.29) is 10.5 Å². The minimum Gasteiger partial charge on any atom is -0.478 e. The number of sulfonamides is 1. The molecule has 0 saturated heterocycles. The Morgan fingerprint density at radius 2 is 1.64 bits per heavy atom. The first kappa shape index (κ1) is 16.1. The van der Waals surface area contributed by atoms with Gasteiger partial charge in [0.2, 0.25) is 0 Å². The van der Waals surface area contributed by atoms with Crippen LogP contribution in [0.4, 0.5) is 5.69 Å². The molecule has 6 heteroatoms. The van der Waals surface area contributed by atoms with E-state index in [0.717, 1.165) is 43.2 Å². The highest BCUT2D eigenvalue weighted by atomic mass is 32.2. The number of aryl methyl sites for hydroxylation is 3. The summed E-state index contributed by atoms with van der Waals surface area (Å²) >= 11 is 0. The Bertz CT molecular complexity index is 979. The van der Waals surface area contributed by atoms with Gasteiger partial charge < -0.3 is 5.11 Å². The van der Waals surface area contributed by atoms with Gasteiger partial charge in [0.05, 0.1) is 10.5 Å². The van der Waals surface area contributed by atoms with Gasteiger partial charge in [-0.25, -0.2) is 13.2 Å². The van der Waals surface area contributed by atoms with Crippen LogP contribution in [0.25, 0.3) is 0 Å². The average molecular weight is 357 g/mol. The number of fused-ring (bicyclic) bond motifs is 2. The highest BCUT2D eigenvalue weighted by Gasteiger charge is 2.26. The van der Waals surface area contributed by atoms with E-state index in [1.165, 1.54) is 17.2 Å². The molecule has 0 aliphatic heterocycles. The van der Waals surface area contributed by atoms with Crippen LogP contribution in [-0.2, 0) is 35.7 Å².